The van der Waals surface area contributed by atoms with Gasteiger partial charge in [-0.25, -0.2) is 0 Å². The molecule has 0 aliphatic rings. The number of hydrogen-bond acceptors (Lipinski definition) is 5. The standard InChI is InChI=1S/C14H22N2O4/c1-5-11(9-15(2)3)10-20-14-8-12(16(17)18)6-7-13(14)19-4/h6-8,11H,5,9-10H2,1-4H3. The van der Waals surface area contributed by atoms with Crippen molar-refractivity contribution in [2.24, 2.45) is 5.92 Å². The molecule has 0 bridgehead atoms. The number of nitrogens with zero attached hydrogens (tertiary/aromatic N) is 2. The quantitative estimate of drug-likeness (QED) is 0.541. The first-order valence-electron chi connectivity index (χ1n) is 6.57. The largest absolute Gasteiger partial charge is 0.493 e. The molecular weight excluding hydrogens is 260 g/mol. The Bertz CT molecular complexity index is 449. The Morgan fingerprint density at radius 2 is 2.05 bits per heavy atom. The molecule has 1 atom stereocenters. The van der Waals surface area contributed by atoms with Crippen molar-refractivity contribution in [3.63, 3.8) is 0 Å². The number of rotatable bonds is 8. The maximum absolute atomic E-state index is 10.8. The van der Waals surface area contributed by atoms with Gasteiger partial charge in [-0.15, -0.1) is 0 Å². The highest BCUT2D eigenvalue weighted by Gasteiger charge is 2.15. The maximum atomic E-state index is 10.8. The van der Waals surface area contributed by atoms with E-state index in [2.05, 4.69) is 11.8 Å². The van der Waals surface area contributed by atoms with E-state index in [-0.39, 0.29) is 5.69 Å². The lowest BCUT2D eigenvalue weighted by atomic mass is 10.1. The zero-order chi connectivity index (χ0) is 15.1. The lowest BCUT2D eigenvalue weighted by molar-refractivity contribution is -0.385. The molecule has 1 aromatic carbocycles. The SMILES string of the molecule is CCC(COc1cc([N+](=O)[O-])ccc1OC)CN(C)C. The molecule has 1 aromatic rings. The van der Waals surface area contributed by atoms with Crippen LogP contribution in [0.25, 0.3) is 0 Å². The summed E-state index contributed by atoms with van der Waals surface area (Å²) in [6.07, 6.45) is 0.982. The number of methoxy groups -OCH3 is 1. The molecule has 0 saturated carbocycles. The van der Waals surface area contributed by atoms with E-state index in [9.17, 15) is 10.1 Å². The average Bonchev–Trinajstić information content (AvgIpc) is 2.42. The number of ether oxygens (including phenoxy) is 2. The van der Waals surface area contributed by atoms with Crippen LogP contribution in [0.2, 0.25) is 0 Å². The molecule has 0 radical (unpaired) electrons. The van der Waals surface area contributed by atoms with Gasteiger partial charge in [0.1, 0.15) is 0 Å². The van der Waals surface area contributed by atoms with Crippen LogP contribution < -0.4 is 9.47 Å². The van der Waals surface area contributed by atoms with Gasteiger partial charge in [0.05, 0.1) is 24.7 Å². The van der Waals surface area contributed by atoms with E-state index < -0.39 is 4.92 Å². The maximum Gasteiger partial charge on any atom is 0.273 e. The van der Waals surface area contributed by atoms with E-state index in [4.69, 9.17) is 9.47 Å². The Kier molecular flexibility index (Phi) is 6.24. The fourth-order valence-electron chi connectivity index (χ4n) is 1.92. The number of nitro groups is 1. The van der Waals surface area contributed by atoms with Crippen LogP contribution in [0.15, 0.2) is 18.2 Å². The van der Waals surface area contributed by atoms with Crippen molar-refractivity contribution in [1.82, 2.24) is 4.90 Å². The first kappa shape index (κ1) is 16.2. The van der Waals surface area contributed by atoms with Crippen LogP contribution in [0.1, 0.15) is 13.3 Å². The molecule has 0 saturated heterocycles. The van der Waals surface area contributed by atoms with Crippen LogP contribution in [-0.4, -0.2) is 44.2 Å². The highest BCUT2D eigenvalue weighted by Crippen LogP contribution is 2.31. The summed E-state index contributed by atoms with van der Waals surface area (Å²) < 4.78 is 10.9. The van der Waals surface area contributed by atoms with Gasteiger partial charge in [0.15, 0.2) is 11.5 Å². The molecule has 0 aliphatic carbocycles. The summed E-state index contributed by atoms with van der Waals surface area (Å²) in [5.74, 6) is 1.29. The lowest BCUT2D eigenvalue weighted by Gasteiger charge is -2.20. The van der Waals surface area contributed by atoms with E-state index >= 15 is 0 Å². The zero-order valence-electron chi connectivity index (χ0n) is 12.5. The third kappa shape index (κ3) is 4.70. The fraction of sp³-hybridized carbons (Fsp3) is 0.571. The molecule has 0 fully saturated rings. The van der Waals surface area contributed by atoms with Gasteiger partial charge in [-0.3, -0.25) is 10.1 Å². The lowest BCUT2D eigenvalue weighted by Crippen LogP contribution is -2.25. The smallest absolute Gasteiger partial charge is 0.273 e. The molecule has 0 aromatic heterocycles. The summed E-state index contributed by atoms with van der Waals surface area (Å²) in [7, 11) is 5.54. The topological polar surface area (TPSA) is 64.8 Å². The summed E-state index contributed by atoms with van der Waals surface area (Å²) in [5, 5.41) is 10.8. The van der Waals surface area contributed by atoms with Crippen LogP contribution in [-0.2, 0) is 0 Å². The highest BCUT2D eigenvalue weighted by atomic mass is 16.6. The van der Waals surface area contributed by atoms with Crippen LogP contribution in [0, 0.1) is 16.0 Å². The van der Waals surface area contributed by atoms with Gasteiger partial charge in [0.2, 0.25) is 0 Å². The van der Waals surface area contributed by atoms with Gasteiger partial charge in [-0.05, 0) is 26.6 Å². The number of non-ortho nitro benzene ring substituents is 1. The normalized spacial score (nSPS) is 12.2. The second kappa shape index (κ2) is 7.69. The number of benzene rings is 1. The number of hydrogen-bond donors (Lipinski definition) is 0. The Hall–Kier alpha value is -1.82. The van der Waals surface area contributed by atoms with Gasteiger partial charge in [-0.2, -0.15) is 0 Å². The molecule has 112 valence electrons. The third-order valence-corrected chi connectivity index (χ3v) is 3.03. The predicted molar refractivity (Wildman–Crippen MR) is 77.5 cm³/mol. The van der Waals surface area contributed by atoms with Gasteiger partial charge in [0, 0.05) is 18.5 Å². The minimum absolute atomic E-state index is 0.00135. The van der Waals surface area contributed by atoms with Crippen LogP contribution >= 0.6 is 0 Å². The van der Waals surface area contributed by atoms with Crippen LogP contribution in [0.5, 0.6) is 11.5 Å². The average molecular weight is 282 g/mol. The molecule has 0 N–H and O–H groups in total. The van der Waals surface area contributed by atoms with Crippen LogP contribution in [0.3, 0.4) is 0 Å². The molecule has 0 amide bonds. The van der Waals surface area contributed by atoms with E-state index in [1.807, 2.05) is 14.1 Å². The zero-order valence-corrected chi connectivity index (χ0v) is 12.5. The molecule has 1 rings (SSSR count). The Labute approximate surface area is 119 Å². The van der Waals surface area contributed by atoms with E-state index in [1.165, 1.54) is 19.2 Å². The van der Waals surface area contributed by atoms with Gasteiger partial charge < -0.3 is 14.4 Å². The fourth-order valence-corrected chi connectivity index (χ4v) is 1.92. The van der Waals surface area contributed by atoms with Crippen molar-refractivity contribution in [3.8, 4) is 11.5 Å². The Balaban J connectivity index is 2.79. The van der Waals surface area contributed by atoms with Crippen molar-refractivity contribution >= 4 is 5.69 Å². The van der Waals surface area contributed by atoms with E-state index in [1.54, 1.807) is 6.07 Å². The van der Waals surface area contributed by atoms with Crippen molar-refractivity contribution in [2.45, 2.75) is 13.3 Å². The summed E-state index contributed by atoms with van der Waals surface area (Å²) in [6.45, 7) is 3.52. The minimum atomic E-state index is -0.441. The van der Waals surface area contributed by atoms with Crippen molar-refractivity contribution in [3.05, 3.63) is 28.3 Å². The number of nitro benzene ring substituents is 1. The van der Waals surface area contributed by atoms with Gasteiger partial charge >= 0.3 is 0 Å². The molecule has 6 nitrogen and oxygen atoms in total. The second-order valence-corrected chi connectivity index (χ2v) is 4.94. The highest BCUT2D eigenvalue weighted by molar-refractivity contribution is 5.48. The first-order valence-corrected chi connectivity index (χ1v) is 6.57. The van der Waals surface area contributed by atoms with E-state index in [0.29, 0.717) is 24.0 Å². The second-order valence-electron chi connectivity index (χ2n) is 4.94. The summed E-state index contributed by atoms with van der Waals surface area (Å²) in [4.78, 5) is 12.5. The van der Waals surface area contributed by atoms with Crippen LogP contribution in [0.4, 0.5) is 5.69 Å². The van der Waals surface area contributed by atoms with Gasteiger partial charge in [-0.1, -0.05) is 6.92 Å². The Morgan fingerprint density at radius 1 is 1.35 bits per heavy atom. The molecule has 1 unspecified atom stereocenters. The Morgan fingerprint density at radius 3 is 2.55 bits per heavy atom. The summed E-state index contributed by atoms with van der Waals surface area (Å²) in [5.41, 5.74) is 0.00135. The molecule has 6 heteroatoms. The molecule has 0 heterocycles. The molecule has 0 spiro atoms. The molecule has 20 heavy (non-hydrogen) atoms. The first-order chi connectivity index (χ1) is 9.47. The predicted octanol–water partition coefficient (Wildman–Crippen LogP) is 2.57. The van der Waals surface area contributed by atoms with Crippen molar-refractivity contribution in [2.75, 3.05) is 34.4 Å². The third-order valence-electron chi connectivity index (χ3n) is 3.03. The summed E-state index contributed by atoms with van der Waals surface area (Å²) >= 11 is 0. The van der Waals surface area contributed by atoms with Gasteiger partial charge in [0.25, 0.3) is 5.69 Å². The molecule has 0 aliphatic heterocycles. The van der Waals surface area contributed by atoms with E-state index in [0.717, 1.165) is 13.0 Å². The monoisotopic (exact) mass is 282 g/mol. The van der Waals surface area contributed by atoms with Crippen molar-refractivity contribution in [1.29, 1.82) is 0 Å². The van der Waals surface area contributed by atoms with Crippen molar-refractivity contribution < 1.29 is 14.4 Å². The summed E-state index contributed by atoms with van der Waals surface area (Å²) in [6, 6.07) is 4.37. The minimum Gasteiger partial charge on any atom is -0.493 e. The molecular formula is C14H22N2O4.